The van der Waals surface area contributed by atoms with Crippen LogP contribution in [-0.2, 0) is 0 Å². The highest BCUT2D eigenvalue weighted by molar-refractivity contribution is 5.94. The molecule has 3 aromatic rings. The van der Waals surface area contributed by atoms with Crippen LogP contribution in [0, 0.1) is 5.82 Å². The Labute approximate surface area is 165 Å². The van der Waals surface area contributed by atoms with Gasteiger partial charge in [-0.15, -0.1) is 0 Å². The number of hydrogen-bond acceptors (Lipinski definition) is 2. The van der Waals surface area contributed by atoms with Crippen LogP contribution in [-0.4, -0.2) is 42.4 Å². The summed E-state index contributed by atoms with van der Waals surface area (Å²) in [5.41, 5.74) is 3.51. The molecule has 142 valence electrons. The van der Waals surface area contributed by atoms with Crippen molar-refractivity contribution in [2.24, 2.45) is 0 Å². The predicted octanol–water partition coefficient (Wildman–Crippen LogP) is 4.62. The Morgan fingerprint density at radius 3 is 2.21 bits per heavy atom. The highest BCUT2D eigenvalue weighted by Crippen LogP contribution is 2.27. The molecule has 28 heavy (non-hydrogen) atoms. The summed E-state index contributed by atoms with van der Waals surface area (Å²) in [4.78, 5) is 17.0. The van der Waals surface area contributed by atoms with Crippen LogP contribution in [0.4, 0.5) is 4.39 Å². The van der Waals surface area contributed by atoms with Gasteiger partial charge in [0.1, 0.15) is 5.82 Å². The largest absolute Gasteiger partial charge is 0.335 e. The van der Waals surface area contributed by atoms with E-state index in [2.05, 4.69) is 17.0 Å². The van der Waals surface area contributed by atoms with Gasteiger partial charge in [-0.2, -0.15) is 0 Å². The fraction of sp³-hybridized carbons (Fsp3) is 0.208. The number of carbonyl (C=O) groups excluding carboxylic acids is 1. The molecule has 1 amide bonds. The number of piperazine rings is 1. The maximum absolute atomic E-state index is 14.3. The number of hydrogen-bond donors (Lipinski definition) is 0. The number of likely N-dealkylation sites (N-methyl/N-ethyl adjacent to an activating group) is 1. The van der Waals surface area contributed by atoms with Crippen LogP contribution in [0.1, 0.15) is 22.0 Å². The molecule has 0 aliphatic carbocycles. The molecule has 1 aliphatic heterocycles. The topological polar surface area (TPSA) is 23.6 Å². The molecule has 0 radical (unpaired) electrons. The van der Waals surface area contributed by atoms with E-state index in [1.165, 1.54) is 6.07 Å². The molecule has 3 aromatic carbocycles. The fourth-order valence-electron chi connectivity index (χ4n) is 3.76. The van der Waals surface area contributed by atoms with Gasteiger partial charge >= 0.3 is 0 Å². The molecule has 0 N–H and O–H groups in total. The summed E-state index contributed by atoms with van der Waals surface area (Å²) < 4.78 is 14.3. The zero-order valence-electron chi connectivity index (χ0n) is 15.9. The van der Waals surface area contributed by atoms with Crippen molar-refractivity contribution in [3.8, 4) is 11.1 Å². The number of nitrogens with zero attached hydrogens (tertiary/aromatic N) is 2. The molecule has 4 rings (SSSR count). The van der Waals surface area contributed by atoms with Crippen molar-refractivity contribution in [3.63, 3.8) is 0 Å². The summed E-state index contributed by atoms with van der Waals surface area (Å²) in [6.07, 6.45) is 0. The zero-order valence-corrected chi connectivity index (χ0v) is 15.9. The van der Waals surface area contributed by atoms with Gasteiger partial charge in [-0.3, -0.25) is 9.69 Å². The lowest BCUT2D eigenvalue weighted by Crippen LogP contribution is -2.49. The molecule has 1 fully saturated rings. The summed E-state index contributed by atoms with van der Waals surface area (Å²) in [7, 11) is 1.98. The second-order valence-corrected chi connectivity index (χ2v) is 7.21. The van der Waals surface area contributed by atoms with Crippen LogP contribution < -0.4 is 0 Å². The molecule has 0 aromatic heterocycles. The van der Waals surface area contributed by atoms with E-state index in [-0.39, 0.29) is 17.8 Å². The van der Waals surface area contributed by atoms with Gasteiger partial charge in [0.2, 0.25) is 0 Å². The molecule has 1 saturated heterocycles. The summed E-state index contributed by atoms with van der Waals surface area (Å²) in [5, 5.41) is 0. The average molecular weight is 374 g/mol. The van der Waals surface area contributed by atoms with Gasteiger partial charge in [0.05, 0.1) is 6.04 Å². The van der Waals surface area contributed by atoms with E-state index in [1.807, 2.05) is 60.5 Å². The molecule has 4 heteroatoms. The van der Waals surface area contributed by atoms with Gasteiger partial charge in [0.15, 0.2) is 0 Å². The molecule has 0 spiro atoms. The Bertz CT molecular complexity index is 956. The van der Waals surface area contributed by atoms with Gasteiger partial charge in [-0.25, -0.2) is 4.39 Å². The lowest BCUT2D eigenvalue weighted by atomic mass is 10.0. The number of halogens is 1. The van der Waals surface area contributed by atoms with E-state index in [9.17, 15) is 9.18 Å². The van der Waals surface area contributed by atoms with Crippen LogP contribution in [0.3, 0.4) is 0 Å². The fourth-order valence-corrected chi connectivity index (χ4v) is 3.76. The lowest BCUT2D eigenvalue weighted by molar-refractivity contribution is 0.0540. The molecule has 0 bridgehead atoms. The second kappa shape index (κ2) is 7.95. The van der Waals surface area contributed by atoms with Gasteiger partial charge in [-0.05, 0) is 36.4 Å². The Morgan fingerprint density at radius 2 is 1.50 bits per heavy atom. The third kappa shape index (κ3) is 3.69. The Kier molecular flexibility index (Phi) is 5.22. The SMILES string of the molecule is CN1CCN(C(=O)c2ccc(-c3ccccc3)cc2)CC1c1ccccc1F. The van der Waals surface area contributed by atoms with E-state index >= 15 is 0 Å². The van der Waals surface area contributed by atoms with Crippen LogP contribution in [0.15, 0.2) is 78.9 Å². The third-order valence-corrected chi connectivity index (χ3v) is 5.44. The van der Waals surface area contributed by atoms with Crippen molar-refractivity contribution in [1.29, 1.82) is 0 Å². The first-order chi connectivity index (χ1) is 13.6. The number of benzene rings is 3. The smallest absolute Gasteiger partial charge is 0.253 e. The number of amides is 1. The van der Waals surface area contributed by atoms with Gasteiger partial charge < -0.3 is 4.90 Å². The summed E-state index contributed by atoms with van der Waals surface area (Å²) in [5.74, 6) is -0.227. The minimum absolute atomic E-state index is 0.00551. The highest BCUT2D eigenvalue weighted by Gasteiger charge is 2.30. The molecule has 3 nitrogen and oxygen atoms in total. The van der Waals surface area contributed by atoms with Crippen LogP contribution in [0.2, 0.25) is 0 Å². The van der Waals surface area contributed by atoms with E-state index < -0.39 is 0 Å². The van der Waals surface area contributed by atoms with Crippen molar-refractivity contribution in [2.45, 2.75) is 6.04 Å². The molecule has 1 heterocycles. The Morgan fingerprint density at radius 1 is 0.857 bits per heavy atom. The molecule has 1 unspecified atom stereocenters. The number of carbonyl (C=O) groups is 1. The monoisotopic (exact) mass is 374 g/mol. The van der Waals surface area contributed by atoms with Crippen LogP contribution >= 0.6 is 0 Å². The molecule has 1 atom stereocenters. The predicted molar refractivity (Wildman–Crippen MR) is 110 cm³/mol. The van der Waals surface area contributed by atoms with Gasteiger partial charge in [-0.1, -0.05) is 60.7 Å². The van der Waals surface area contributed by atoms with Crippen molar-refractivity contribution in [2.75, 3.05) is 26.7 Å². The average Bonchev–Trinajstić information content (AvgIpc) is 2.75. The highest BCUT2D eigenvalue weighted by atomic mass is 19.1. The van der Waals surface area contributed by atoms with Gasteiger partial charge in [0, 0.05) is 30.8 Å². The minimum Gasteiger partial charge on any atom is -0.335 e. The second-order valence-electron chi connectivity index (χ2n) is 7.21. The van der Waals surface area contributed by atoms with E-state index in [0.717, 1.165) is 11.1 Å². The minimum atomic E-state index is -0.221. The van der Waals surface area contributed by atoms with Crippen molar-refractivity contribution in [3.05, 3.63) is 95.8 Å². The van der Waals surface area contributed by atoms with Crippen molar-refractivity contribution in [1.82, 2.24) is 9.80 Å². The van der Waals surface area contributed by atoms with Crippen LogP contribution in [0.5, 0.6) is 0 Å². The Hall–Kier alpha value is -2.98. The molecule has 0 saturated carbocycles. The summed E-state index contributed by atoms with van der Waals surface area (Å²) in [6, 6.07) is 24.5. The molecular weight excluding hydrogens is 351 g/mol. The molecular formula is C24H23FN2O. The maximum atomic E-state index is 14.3. The summed E-state index contributed by atoms with van der Waals surface area (Å²) in [6.45, 7) is 1.84. The van der Waals surface area contributed by atoms with Crippen molar-refractivity contribution >= 4 is 5.91 Å². The Balaban J connectivity index is 1.52. The molecule has 1 aliphatic rings. The summed E-state index contributed by atoms with van der Waals surface area (Å²) >= 11 is 0. The van der Waals surface area contributed by atoms with E-state index in [4.69, 9.17) is 0 Å². The third-order valence-electron chi connectivity index (χ3n) is 5.44. The van der Waals surface area contributed by atoms with Gasteiger partial charge in [0.25, 0.3) is 5.91 Å². The maximum Gasteiger partial charge on any atom is 0.253 e. The van der Waals surface area contributed by atoms with Crippen LogP contribution in [0.25, 0.3) is 11.1 Å². The standard InChI is InChI=1S/C24H23FN2O/c1-26-15-16-27(17-23(26)21-9-5-6-10-22(21)25)24(28)20-13-11-19(12-14-20)18-7-3-2-4-8-18/h2-14,23H,15-17H2,1H3. The quantitative estimate of drug-likeness (QED) is 0.668. The zero-order chi connectivity index (χ0) is 19.5. The first-order valence-electron chi connectivity index (χ1n) is 9.53. The van der Waals surface area contributed by atoms with E-state index in [0.29, 0.717) is 30.8 Å². The van der Waals surface area contributed by atoms with E-state index in [1.54, 1.807) is 12.1 Å². The number of rotatable bonds is 3. The first kappa shape index (κ1) is 18.4. The lowest BCUT2D eigenvalue weighted by Gasteiger charge is -2.39. The first-order valence-corrected chi connectivity index (χ1v) is 9.53. The van der Waals surface area contributed by atoms with Crippen molar-refractivity contribution < 1.29 is 9.18 Å². The normalized spacial score (nSPS) is 17.5.